The Labute approximate surface area is 285 Å². The van der Waals surface area contributed by atoms with Gasteiger partial charge in [-0.2, -0.15) is 0 Å². The number of benzene rings is 2. The fraction of sp³-hybridized carbons (Fsp3) is 0.632. The summed E-state index contributed by atoms with van der Waals surface area (Å²) in [5, 5.41) is 44.0. The Balaban J connectivity index is 0.000000842. The first-order valence-corrected chi connectivity index (χ1v) is 16.3. The van der Waals surface area contributed by atoms with E-state index in [1.807, 2.05) is 39.8 Å². The summed E-state index contributed by atoms with van der Waals surface area (Å²) in [6.07, 6.45) is 7.58. The summed E-state index contributed by atoms with van der Waals surface area (Å²) in [5.74, 6) is -2.93. The van der Waals surface area contributed by atoms with Crippen molar-refractivity contribution in [1.82, 2.24) is 0 Å². The van der Waals surface area contributed by atoms with Crippen molar-refractivity contribution in [3.63, 3.8) is 0 Å². The fourth-order valence-corrected chi connectivity index (χ4v) is 6.42. The molecule has 0 spiro atoms. The van der Waals surface area contributed by atoms with Crippen LogP contribution in [0, 0.1) is 0 Å². The van der Waals surface area contributed by atoms with Crippen molar-refractivity contribution in [3.8, 4) is 11.5 Å². The smallest absolute Gasteiger partial charge is 0.872 e. The van der Waals surface area contributed by atoms with Gasteiger partial charge in [0.2, 0.25) is 0 Å². The summed E-state index contributed by atoms with van der Waals surface area (Å²) < 4.78 is 0. The minimum Gasteiger partial charge on any atom is -0.872 e. The quantitative estimate of drug-likeness (QED) is 0.193. The SMILES string of the molecule is CCCC(C)(C)c1cc(C(=O)O)c([O-])c(C(C)(C)CCC)c1.CCCC(C)(C)c1cc(C(=O)O)c([O-])c(C(C)(C)CCC)c1.[Zn+2]. The Morgan fingerprint density at radius 1 is 0.533 bits per heavy atom. The van der Waals surface area contributed by atoms with Crippen molar-refractivity contribution < 1.29 is 49.5 Å². The van der Waals surface area contributed by atoms with E-state index in [1.54, 1.807) is 12.1 Å². The van der Waals surface area contributed by atoms with Crippen molar-refractivity contribution in [1.29, 1.82) is 0 Å². The largest absolute Gasteiger partial charge is 2.00 e. The van der Waals surface area contributed by atoms with Gasteiger partial charge < -0.3 is 20.4 Å². The monoisotopic (exact) mass is 674 g/mol. The first kappa shape index (κ1) is 42.6. The predicted molar refractivity (Wildman–Crippen MR) is 177 cm³/mol. The first-order chi connectivity index (χ1) is 20.1. The number of aromatic carboxylic acids is 2. The van der Waals surface area contributed by atoms with Gasteiger partial charge >= 0.3 is 31.4 Å². The van der Waals surface area contributed by atoms with E-state index in [0.29, 0.717) is 11.1 Å². The standard InChI is InChI=1S/2C19H30O3.Zn/c2*1-7-9-18(3,4)13-11-14(17(21)22)16(20)15(12-13)19(5,6)10-8-2;/h2*11-12,20H,7-10H2,1-6H3,(H,21,22);/q;;+2/p-2. The average Bonchev–Trinajstić information content (AvgIpc) is 2.88. The molecule has 2 rings (SSSR count). The van der Waals surface area contributed by atoms with Crippen LogP contribution in [0.15, 0.2) is 24.3 Å². The minimum atomic E-state index is -1.13. The fourth-order valence-electron chi connectivity index (χ4n) is 6.42. The van der Waals surface area contributed by atoms with E-state index in [1.165, 1.54) is 0 Å². The van der Waals surface area contributed by atoms with Crippen LogP contribution in [0.3, 0.4) is 0 Å². The van der Waals surface area contributed by atoms with Crippen molar-refractivity contribution >= 4 is 11.9 Å². The number of carbonyl (C=O) groups is 2. The second-order valence-corrected chi connectivity index (χ2v) is 14.9. The molecule has 0 unspecified atom stereocenters. The van der Waals surface area contributed by atoms with Gasteiger partial charge in [0.1, 0.15) is 0 Å². The summed E-state index contributed by atoms with van der Waals surface area (Å²) in [7, 11) is 0. The number of hydrogen-bond donors (Lipinski definition) is 2. The third-order valence-corrected chi connectivity index (χ3v) is 9.16. The van der Waals surface area contributed by atoms with Crippen molar-refractivity contribution in [3.05, 3.63) is 57.6 Å². The first-order valence-electron chi connectivity index (χ1n) is 16.3. The van der Waals surface area contributed by atoms with Gasteiger partial charge in [-0.1, -0.05) is 132 Å². The van der Waals surface area contributed by atoms with Crippen LogP contribution >= 0.6 is 0 Å². The van der Waals surface area contributed by atoms with Gasteiger partial charge in [0, 0.05) is 0 Å². The van der Waals surface area contributed by atoms with Gasteiger partial charge in [-0.3, -0.25) is 0 Å². The molecule has 6 nitrogen and oxygen atoms in total. The van der Waals surface area contributed by atoms with E-state index in [-0.39, 0.29) is 63.8 Å². The normalized spacial score (nSPS) is 12.2. The molecule has 0 fully saturated rings. The Morgan fingerprint density at radius 2 is 0.778 bits per heavy atom. The molecule has 0 aliphatic heterocycles. The van der Waals surface area contributed by atoms with E-state index in [0.717, 1.165) is 62.5 Å². The molecule has 7 heteroatoms. The molecule has 2 aromatic carbocycles. The van der Waals surface area contributed by atoms with Crippen LogP contribution in [0.4, 0.5) is 0 Å². The zero-order chi connectivity index (χ0) is 34.3. The van der Waals surface area contributed by atoms with Gasteiger partial charge in [-0.15, -0.1) is 0 Å². The van der Waals surface area contributed by atoms with Gasteiger partial charge in [-0.25, -0.2) is 9.59 Å². The molecule has 0 saturated heterocycles. The van der Waals surface area contributed by atoms with Gasteiger partial charge in [0.05, 0.1) is 11.1 Å². The average molecular weight is 676 g/mol. The summed E-state index contributed by atoms with van der Waals surface area (Å²) in [6.45, 7) is 24.9. The number of rotatable bonds is 14. The number of carboxylic acids is 2. The Bertz CT molecular complexity index is 1190. The summed E-state index contributed by atoms with van der Waals surface area (Å²) in [4.78, 5) is 23.0. The van der Waals surface area contributed by atoms with Crippen molar-refractivity contribution in [2.75, 3.05) is 0 Å². The van der Waals surface area contributed by atoms with Crippen LogP contribution in [-0.4, -0.2) is 22.2 Å². The third-order valence-electron chi connectivity index (χ3n) is 9.16. The molecule has 0 aliphatic carbocycles. The zero-order valence-corrected chi connectivity index (χ0v) is 33.2. The van der Waals surface area contributed by atoms with Crippen molar-refractivity contribution in [2.24, 2.45) is 0 Å². The molecule has 2 N–H and O–H groups in total. The maximum absolute atomic E-state index is 12.6. The van der Waals surface area contributed by atoms with Crippen LogP contribution in [0.5, 0.6) is 11.5 Å². The summed E-state index contributed by atoms with van der Waals surface area (Å²) in [6, 6.07) is 7.04. The van der Waals surface area contributed by atoms with Crippen LogP contribution in [0.1, 0.15) is 177 Å². The van der Waals surface area contributed by atoms with Gasteiger partial charge in [-0.05, 0) is 81.7 Å². The molecular formula is C38H58O6Zn. The van der Waals surface area contributed by atoms with Crippen LogP contribution in [-0.2, 0) is 41.1 Å². The Kier molecular flexibility index (Phi) is 16.1. The van der Waals surface area contributed by atoms with Crippen LogP contribution in [0.2, 0.25) is 0 Å². The molecule has 0 saturated carbocycles. The number of carboxylic acid groups (broad SMARTS) is 2. The minimum absolute atomic E-state index is 0. The van der Waals surface area contributed by atoms with E-state index >= 15 is 0 Å². The second kappa shape index (κ2) is 17.0. The van der Waals surface area contributed by atoms with Crippen molar-refractivity contribution in [2.45, 2.75) is 156 Å². The van der Waals surface area contributed by atoms with E-state index < -0.39 is 11.9 Å². The summed E-state index contributed by atoms with van der Waals surface area (Å²) >= 11 is 0. The van der Waals surface area contributed by atoms with E-state index in [2.05, 4.69) is 55.4 Å². The van der Waals surface area contributed by atoms with Crippen LogP contribution in [0.25, 0.3) is 0 Å². The predicted octanol–water partition coefficient (Wildman–Crippen LogP) is 9.23. The van der Waals surface area contributed by atoms with Gasteiger partial charge in [0.15, 0.2) is 0 Å². The molecule has 0 heterocycles. The molecule has 45 heavy (non-hydrogen) atoms. The maximum atomic E-state index is 12.6. The summed E-state index contributed by atoms with van der Waals surface area (Å²) in [5.41, 5.74) is 2.08. The molecule has 0 aliphatic rings. The third kappa shape index (κ3) is 10.8. The molecule has 0 radical (unpaired) electrons. The zero-order valence-electron chi connectivity index (χ0n) is 30.2. The molecular weight excluding hydrogens is 618 g/mol. The Hall–Kier alpha value is -2.40. The van der Waals surface area contributed by atoms with Gasteiger partial charge in [0.25, 0.3) is 0 Å². The van der Waals surface area contributed by atoms with Crippen LogP contribution < -0.4 is 10.2 Å². The topological polar surface area (TPSA) is 121 Å². The maximum Gasteiger partial charge on any atom is 2.00 e. The number of hydrogen-bond acceptors (Lipinski definition) is 4. The second-order valence-electron chi connectivity index (χ2n) is 14.9. The Morgan fingerprint density at radius 3 is 1.00 bits per heavy atom. The molecule has 0 amide bonds. The molecule has 0 aromatic heterocycles. The van der Waals surface area contributed by atoms with E-state index in [4.69, 9.17) is 0 Å². The molecule has 2 aromatic rings. The molecule has 0 bridgehead atoms. The van der Waals surface area contributed by atoms with E-state index in [9.17, 15) is 30.0 Å². The molecule has 0 atom stereocenters. The molecule has 248 valence electrons.